The summed E-state index contributed by atoms with van der Waals surface area (Å²) in [6, 6.07) is 11.5. The number of ether oxygens (including phenoxy) is 2. The van der Waals surface area contributed by atoms with E-state index in [1.807, 2.05) is 50.2 Å². The molecule has 0 spiro atoms. The first-order chi connectivity index (χ1) is 16.4. The molecule has 2 aromatic carbocycles. The van der Waals surface area contributed by atoms with Crippen LogP contribution < -0.4 is 20.3 Å². The predicted molar refractivity (Wildman–Crippen MR) is 127 cm³/mol. The van der Waals surface area contributed by atoms with Crippen LogP contribution >= 0.6 is 0 Å². The van der Waals surface area contributed by atoms with Gasteiger partial charge in [0.15, 0.2) is 22.7 Å². The highest BCUT2D eigenvalue weighted by Gasteiger charge is 2.15. The highest BCUT2D eigenvalue weighted by molar-refractivity contribution is 5.76. The Kier molecular flexibility index (Phi) is 6.58. The van der Waals surface area contributed by atoms with Crippen molar-refractivity contribution in [2.45, 2.75) is 26.8 Å². The molecular weight excluding hydrogens is 436 g/mol. The van der Waals surface area contributed by atoms with Crippen molar-refractivity contribution in [3.05, 3.63) is 69.8 Å². The summed E-state index contributed by atoms with van der Waals surface area (Å²) in [5, 5.41) is 11.0. The normalized spacial score (nSPS) is 10.9. The third-order valence-corrected chi connectivity index (χ3v) is 5.38. The highest BCUT2D eigenvalue weighted by atomic mass is 16.5. The van der Waals surface area contributed by atoms with Crippen molar-refractivity contribution in [1.29, 1.82) is 0 Å². The van der Waals surface area contributed by atoms with E-state index in [1.165, 1.54) is 15.6 Å². The van der Waals surface area contributed by atoms with Crippen LogP contribution in [-0.2, 0) is 17.8 Å². The summed E-state index contributed by atoms with van der Waals surface area (Å²) in [6.45, 7) is 4.21. The molecule has 4 rings (SSSR count). The summed E-state index contributed by atoms with van der Waals surface area (Å²) < 4.78 is 13.3. The fourth-order valence-corrected chi connectivity index (χ4v) is 3.80. The molecule has 0 bridgehead atoms. The molecular formula is C24H26N6O4. The third kappa shape index (κ3) is 4.75. The van der Waals surface area contributed by atoms with Gasteiger partial charge in [0.2, 0.25) is 5.91 Å². The lowest BCUT2D eigenvalue weighted by Crippen LogP contribution is -2.33. The molecule has 0 atom stereocenters. The zero-order valence-electron chi connectivity index (χ0n) is 19.5. The Morgan fingerprint density at radius 3 is 2.47 bits per heavy atom. The van der Waals surface area contributed by atoms with Gasteiger partial charge in [0, 0.05) is 6.54 Å². The van der Waals surface area contributed by atoms with Gasteiger partial charge in [-0.15, -0.1) is 5.10 Å². The molecule has 34 heavy (non-hydrogen) atoms. The zero-order valence-corrected chi connectivity index (χ0v) is 19.5. The van der Waals surface area contributed by atoms with Gasteiger partial charge in [-0.1, -0.05) is 17.3 Å². The van der Waals surface area contributed by atoms with E-state index < -0.39 is 5.56 Å². The topological polar surface area (TPSA) is 113 Å². The minimum Gasteiger partial charge on any atom is -0.493 e. The summed E-state index contributed by atoms with van der Waals surface area (Å²) in [7, 11) is 3.16. The molecule has 0 aliphatic carbocycles. The van der Waals surface area contributed by atoms with Crippen LogP contribution in [0, 0.1) is 13.8 Å². The maximum atomic E-state index is 12.9. The van der Waals surface area contributed by atoms with E-state index in [4.69, 9.17) is 9.47 Å². The number of hydrogen-bond acceptors (Lipinski definition) is 7. The molecule has 0 radical (unpaired) electrons. The minimum absolute atomic E-state index is 0.111. The number of methoxy groups -OCH3 is 2. The van der Waals surface area contributed by atoms with Crippen molar-refractivity contribution in [3.63, 3.8) is 0 Å². The van der Waals surface area contributed by atoms with Crippen LogP contribution in [0.15, 0.2) is 47.5 Å². The van der Waals surface area contributed by atoms with E-state index in [2.05, 4.69) is 20.6 Å². The number of aryl methyl sites for hydroxylation is 2. The number of benzene rings is 2. The van der Waals surface area contributed by atoms with Crippen molar-refractivity contribution >= 4 is 17.1 Å². The number of carbonyl (C=O) groups is 1. The zero-order chi connectivity index (χ0) is 24.2. The molecule has 0 unspecified atom stereocenters. The van der Waals surface area contributed by atoms with Crippen LogP contribution in [0.2, 0.25) is 0 Å². The Balaban J connectivity index is 1.44. The second kappa shape index (κ2) is 9.74. The van der Waals surface area contributed by atoms with Crippen LogP contribution in [0.1, 0.15) is 16.7 Å². The van der Waals surface area contributed by atoms with E-state index in [0.717, 1.165) is 22.4 Å². The van der Waals surface area contributed by atoms with E-state index in [1.54, 1.807) is 14.2 Å². The summed E-state index contributed by atoms with van der Waals surface area (Å²) in [4.78, 5) is 29.7. The number of nitrogens with one attached hydrogen (secondary N) is 1. The number of aromatic nitrogens is 5. The maximum Gasteiger partial charge on any atom is 0.284 e. The summed E-state index contributed by atoms with van der Waals surface area (Å²) in [5.74, 6) is 0.976. The predicted octanol–water partition coefficient (Wildman–Crippen LogP) is 1.97. The van der Waals surface area contributed by atoms with Crippen molar-refractivity contribution < 1.29 is 14.3 Å². The molecule has 0 fully saturated rings. The average Bonchev–Trinajstić information content (AvgIpc) is 3.25. The molecule has 176 valence electrons. The van der Waals surface area contributed by atoms with Gasteiger partial charge in [0.1, 0.15) is 12.9 Å². The maximum absolute atomic E-state index is 12.9. The van der Waals surface area contributed by atoms with Gasteiger partial charge in [0.05, 0.1) is 19.9 Å². The Morgan fingerprint density at radius 2 is 1.76 bits per heavy atom. The summed E-state index contributed by atoms with van der Waals surface area (Å²) in [6.07, 6.45) is 1.95. The van der Waals surface area contributed by atoms with Gasteiger partial charge in [0.25, 0.3) is 5.56 Å². The molecule has 1 amide bonds. The molecule has 2 heterocycles. The number of rotatable bonds is 8. The number of nitrogens with zero attached hydrogens (tertiary/aromatic N) is 5. The van der Waals surface area contributed by atoms with Crippen LogP contribution in [0.5, 0.6) is 11.5 Å². The molecule has 0 saturated carbocycles. The van der Waals surface area contributed by atoms with Crippen molar-refractivity contribution in [3.8, 4) is 17.2 Å². The van der Waals surface area contributed by atoms with Gasteiger partial charge < -0.3 is 14.8 Å². The van der Waals surface area contributed by atoms with E-state index >= 15 is 0 Å². The molecule has 0 aliphatic heterocycles. The number of fused-ring (bicyclic) bond motifs is 1. The lowest BCUT2D eigenvalue weighted by molar-refractivity contribution is -0.121. The lowest BCUT2D eigenvalue weighted by Gasteiger charge is -2.10. The van der Waals surface area contributed by atoms with Crippen LogP contribution in [0.4, 0.5) is 0 Å². The lowest BCUT2D eigenvalue weighted by atomic mass is 10.1. The van der Waals surface area contributed by atoms with Crippen LogP contribution in [0.3, 0.4) is 0 Å². The minimum atomic E-state index is -0.421. The Bertz CT molecular complexity index is 1390. The van der Waals surface area contributed by atoms with Crippen molar-refractivity contribution in [1.82, 2.24) is 29.9 Å². The number of amides is 1. The first kappa shape index (κ1) is 23.0. The van der Waals surface area contributed by atoms with Gasteiger partial charge in [-0.2, -0.15) is 4.68 Å². The summed E-state index contributed by atoms with van der Waals surface area (Å²) in [5.41, 5.74) is 3.93. The van der Waals surface area contributed by atoms with Crippen molar-refractivity contribution in [2.24, 2.45) is 0 Å². The average molecular weight is 463 g/mol. The fraction of sp³-hybridized carbons (Fsp3) is 0.292. The van der Waals surface area contributed by atoms with Gasteiger partial charge in [-0.25, -0.2) is 4.98 Å². The second-order valence-corrected chi connectivity index (χ2v) is 7.99. The highest BCUT2D eigenvalue weighted by Crippen LogP contribution is 2.27. The van der Waals surface area contributed by atoms with Gasteiger partial charge in [-0.05, 0) is 61.2 Å². The fourth-order valence-electron chi connectivity index (χ4n) is 3.80. The molecule has 0 aliphatic rings. The van der Waals surface area contributed by atoms with E-state index in [0.29, 0.717) is 30.1 Å². The smallest absolute Gasteiger partial charge is 0.284 e. The monoisotopic (exact) mass is 462 g/mol. The van der Waals surface area contributed by atoms with E-state index in [9.17, 15) is 9.59 Å². The first-order valence-corrected chi connectivity index (χ1v) is 10.8. The third-order valence-electron chi connectivity index (χ3n) is 5.38. The molecule has 0 saturated heterocycles. The van der Waals surface area contributed by atoms with Crippen LogP contribution in [0.25, 0.3) is 16.9 Å². The Morgan fingerprint density at radius 1 is 1.03 bits per heavy atom. The van der Waals surface area contributed by atoms with Crippen LogP contribution in [-0.4, -0.2) is 51.2 Å². The number of carbonyl (C=O) groups excluding carboxylic acids is 1. The largest absolute Gasteiger partial charge is 0.493 e. The molecule has 2 aromatic heterocycles. The SMILES string of the molecule is COc1ccc(CCNC(=O)Cn2cnc3c(nnn3-c3cc(C)cc(C)c3)c2=O)cc1OC. The molecule has 4 aromatic rings. The second-order valence-electron chi connectivity index (χ2n) is 7.99. The Hall–Kier alpha value is -4.21. The molecule has 10 nitrogen and oxygen atoms in total. The Labute approximate surface area is 196 Å². The van der Waals surface area contributed by atoms with Gasteiger partial charge >= 0.3 is 0 Å². The molecule has 1 N–H and O–H groups in total. The van der Waals surface area contributed by atoms with Crippen molar-refractivity contribution in [2.75, 3.05) is 20.8 Å². The first-order valence-electron chi connectivity index (χ1n) is 10.8. The standard InChI is InChI=1S/C24H26N6O4/c1-15-9-16(2)11-18(10-15)30-23-22(27-28-30)24(32)29(14-26-23)13-21(31)25-8-7-17-5-6-19(33-3)20(12-17)34-4/h5-6,9-12,14H,7-8,13H2,1-4H3,(H,25,31). The summed E-state index contributed by atoms with van der Waals surface area (Å²) >= 11 is 0. The number of hydrogen-bond donors (Lipinski definition) is 1. The quantitative estimate of drug-likeness (QED) is 0.426. The molecule has 10 heteroatoms. The van der Waals surface area contributed by atoms with E-state index in [-0.39, 0.29) is 18.0 Å². The van der Waals surface area contributed by atoms with Gasteiger partial charge in [-0.3, -0.25) is 14.2 Å².